The van der Waals surface area contributed by atoms with Crippen molar-refractivity contribution in [2.45, 2.75) is 26.2 Å². The Morgan fingerprint density at radius 1 is 1.47 bits per heavy atom. The summed E-state index contributed by atoms with van der Waals surface area (Å²) in [5.41, 5.74) is 2.68. The number of hydrogen-bond donors (Lipinski definition) is 1. The van der Waals surface area contributed by atoms with E-state index in [4.69, 9.17) is 4.74 Å². The normalized spacial score (nSPS) is 19.2. The molecule has 0 bridgehead atoms. The summed E-state index contributed by atoms with van der Waals surface area (Å²) in [6.07, 6.45) is 3.77. The number of rotatable bonds is 3. The molecule has 1 N–H and O–H groups in total. The van der Waals surface area contributed by atoms with Crippen LogP contribution in [0.4, 0.5) is 5.69 Å². The van der Waals surface area contributed by atoms with Crippen molar-refractivity contribution in [2.75, 3.05) is 19.0 Å². The molecule has 1 atom stereocenters. The van der Waals surface area contributed by atoms with E-state index in [1.54, 1.807) is 7.11 Å². The number of nitrogens with one attached hydrogen (secondary N) is 1. The van der Waals surface area contributed by atoms with Gasteiger partial charge in [-0.25, -0.2) is 0 Å². The molecule has 0 fully saturated rings. The Bertz CT molecular complexity index is 335. The predicted octanol–water partition coefficient (Wildman–Crippen LogP) is 3.08. The smallest absolute Gasteiger partial charge is 0.119 e. The molecule has 82 valence electrons. The van der Waals surface area contributed by atoms with Crippen LogP contribution in [-0.4, -0.2) is 13.7 Å². The first-order valence-electron chi connectivity index (χ1n) is 5.74. The van der Waals surface area contributed by atoms with Crippen LogP contribution in [0.1, 0.15) is 25.3 Å². The van der Waals surface area contributed by atoms with Gasteiger partial charge in [0.2, 0.25) is 0 Å². The van der Waals surface area contributed by atoms with Gasteiger partial charge in [-0.05, 0) is 42.5 Å². The highest BCUT2D eigenvalue weighted by Gasteiger charge is 2.17. The lowest BCUT2D eigenvalue weighted by atomic mass is 9.90. The molecule has 1 unspecified atom stereocenters. The molecule has 1 aromatic rings. The molecule has 1 aromatic carbocycles. The van der Waals surface area contributed by atoms with Gasteiger partial charge >= 0.3 is 0 Å². The highest BCUT2D eigenvalue weighted by Crippen LogP contribution is 2.29. The molecule has 1 heterocycles. The zero-order valence-corrected chi connectivity index (χ0v) is 9.55. The van der Waals surface area contributed by atoms with Crippen LogP contribution in [-0.2, 0) is 6.42 Å². The molecule has 0 radical (unpaired) electrons. The second kappa shape index (κ2) is 4.56. The maximum absolute atomic E-state index is 5.25. The predicted molar refractivity (Wildman–Crippen MR) is 63.6 cm³/mol. The minimum absolute atomic E-state index is 0.787. The van der Waals surface area contributed by atoms with Gasteiger partial charge in [0, 0.05) is 12.2 Å². The van der Waals surface area contributed by atoms with Crippen molar-refractivity contribution in [3.8, 4) is 5.75 Å². The quantitative estimate of drug-likeness (QED) is 0.818. The van der Waals surface area contributed by atoms with Crippen LogP contribution < -0.4 is 10.1 Å². The topological polar surface area (TPSA) is 21.3 Å². The van der Waals surface area contributed by atoms with Gasteiger partial charge in [-0.1, -0.05) is 13.3 Å². The average molecular weight is 205 g/mol. The monoisotopic (exact) mass is 205 g/mol. The van der Waals surface area contributed by atoms with E-state index in [9.17, 15) is 0 Å². The van der Waals surface area contributed by atoms with Crippen LogP contribution in [0.15, 0.2) is 18.2 Å². The average Bonchev–Trinajstić information content (AvgIpc) is 2.28. The lowest BCUT2D eigenvalue weighted by molar-refractivity contribution is 0.412. The summed E-state index contributed by atoms with van der Waals surface area (Å²) in [7, 11) is 1.72. The third-order valence-corrected chi connectivity index (χ3v) is 3.10. The molecule has 2 heteroatoms. The van der Waals surface area contributed by atoms with E-state index < -0.39 is 0 Å². The van der Waals surface area contributed by atoms with E-state index in [2.05, 4.69) is 24.4 Å². The molecule has 0 aromatic heterocycles. The van der Waals surface area contributed by atoms with Crippen LogP contribution in [0.3, 0.4) is 0 Å². The largest absolute Gasteiger partial charge is 0.497 e. The van der Waals surface area contributed by atoms with Gasteiger partial charge in [0.1, 0.15) is 5.75 Å². The summed E-state index contributed by atoms with van der Waals surface area (Å²) in [5, 5.41) is 3.49. The molecule has 15 heavy (non-hydrogen) atoms. The number of hydrogen-bond acceptors (Lipinski definition) is 2. The highest BCUT2D eigenvalue weighted by molar-refractivity contribution is 5.56. The van der Waals surface area contributed by atoms with Gasteiger partial charge in [0.05, 0.1) is 7.11 Å². The molecule has 0 saturated heterocycles. The summed E-state index contributed by atoms with van der Waals surface area (Å²) < 4.78 is 5.25. The molecular formula is C13H19NO. The standard InChI is InChI=1S/C13H19NO/c1-3-4-10-7-11-8-12(15-2)5-6-13(11)14-9-10/h5-6,8,10,14H,3-4,7,9H2,1-2H3. The molecule has 2 nitrogen and oxygen atoms in total. The van der Waals surface area contributed by atoms with Gasteiger partial charge in [-0.2, -0.15) is 0 Å². The van der Waals surface area contributed by atoms with Crippen molar-refractivity contribution in [1.82, 2.24) is 0 Å². The zero-order chi connectivity index (χ0) is 10.7. The van der Waals surface area contributed by atoms with Crippen LogP contribution in [0.2, 0.25) is 0 Å². The van der Waals surface area contributed by atoms with Crippen molar-refractivity contribution in [3.05, 3.63) is 23.8 Å². The zero-order valence-electron chi connectivity index (χ0n) is 9.55. The van der Waals surface area contributed by atoms with Gasteiger partial charge in [-0.15, -0.1) is 0 Å². The van der Waals surface area contributed by atoms with Gasteiger partial charge in [-0.3, -0.25) is 0 Å². The van der Waals surface area contributed by atoms with Crippen LogP contribution >= 0.6 is 0 Å². The molecule has 0 saturated carbocycles. The van der Waals surface area contributed by atoms with E-state index >= 15 is 0 Å². The summed E-state index contributed by atoms with van der Waals surface area (Å²) in [5.74, 6) is 1.75. The van der Waals surface area contributed by atoms with Crippen molar-refractivity contribution < 1.29 is 4.74 Å². The number of methoxy groups -OCH3 is 1. The molecule has 1 aliphatic heterocycles. The van der Waals surface area contributed by atoms with Crippen LogP contribution in [0.25, 0.3) is 0 Å². The number of anilines is 1. The van der Waals surface area contributed by atoms with Crippen molar-refractivity contribution >= 4 is 5.69 Å². The van der Waals surface area contributed by atoms with Crippen molar-refractivity contribution in [1.29, 1.82) is 0 Å². The summed E-state index contributed by atoms with van der Waals surface area (Å²) in [4.78, 5) is 0. The summed E-state index contributed by atoms with van der Waals surface area (Å²) in [6, 6.07) is 6.30. The van der Waals surface area contributed by atoms with Crippen LogP contribution in [0, 0.1) is 5.92 Å². The first kappa shape index (κ1) is 10.3. The second-order valence-electron chi connectivity index (χ2n) is 4.26. The Labute approximate surface area is 91.6 Å². The maximum atomic E-state index is 5.25. The van der Waals surface area contributed by atoms with Gasteiger partial charge < -0.3 is 10.1 Å². The fourth-order valence-electron chi connectivity index (χ4n) is 2.29. The summed E-state index contributed by atoms with van der Waals surface area (Å²) >= 11 is 0. The molecule has 0 amide bonds. The van der Waals surface area contributed by atoms with E-state index in [1.807, 2.05) is 6.07 Å². The van der Waals surface area contributed by atoms with E-state index in [-0.39, 0.29) is 0 Å². The Morgan fingerprint density at radius 2 is 2.33 bits per heavy atom. The fraction of sp³-hybridized carbons (Fsp3) is 0.538. The third kappa shape index (κ3) is 2.25. The number of ether oxygens (including phenoxy) is 1. The SMILES string of the molecule is CCCC1CNc2ccc(OC)cc2C1. The fourth-order valence-corrected chi connectivity index (χ4v) is 2.29. The van der Waals surface area contributed by atoms with Gasteiger partial charge in [0.15, 0.2) is 0 Å². The van der Waals surface area contributed by atoms with E-state index in [0.717, 1.165) is 18.2 Å². The third-order valence-electron chi connectivity index (χ3n) is 3.10. The summed E-state index contributed by atoms with van der Waals surface area (Å²) in [6.45, 7) is 3.37. The molecule has 1 aliphatic rings. The van der Waals surface area contributed by atoms with Gasteiger partial charge in [0.25, 0.3) is 0 Å². The molecular weight excluding hydrogens is 186 g/mol. The van der Waals surface area contributed by atoms with Crippen molar-refractivity contribution in [3.63, 3.8) is 0 Å². The number of fused-ring (bicyclic) bond motifs is 1. The Hall–Kier alpha value is -1.18. The Morgan fingerprint density at radius 3 is 3.07 bits per heavy atom. The molecule has 0 spiro atoms. The Kier molecular flexibility index (Phi) is 3.14. The first-order chi connectivity index (χ1) is 7.33. The molecule has 0 aliphatic carbocycles. The Balaban J connectivity index is 2.16. The lowest BCUT2D eigenvalue weighted by Gasteiger charge is -2.26. The first-order valence-corrected chi connectivity index (χ1v) is 5.74. The van der Waals surface area contributed by atoms with E-state index in [1.165, 1.54) is 30.5 Å². The number of benzene rings is 1. The highest BCUT2D eigenvalue weighted by atomic mass is 16.5. The van der Waals surface area contributed by atoms with E-state index in [0.29, 0.717) is 0 Å². The minimum Gasteiger partial charge on any atom is -0.497 e. The van der Waals surface area contributed by atoms with Crippen molar-refractivity contribution in [2.24, 2.45) is 5.92 Å². The lowest BCUT2D eigenvalue weighted by Crippen LogP contribution is -2.22. The second-order valence-corrected chi connectivity index (χ2v) is 4.26. The maximum Gasteiger partial charge on any atom is 0.119 e. The molecule has 2 rings (SSSR count). The minimum atomic E-state index is 0.787. The van der Waals surface area contributed by atoms with Crippen LogP contribution in [0.5, 0.6) is 5.75 Å².